The minimum absolute atomic E-state index is 0.139. The van der Waals surface area contributed by atoms with E-state index in [1.165, 1.54) is 6.20 Å². The molecule has 0 aliphatic carbocycles. The second-order valence-corrected chi connectivity index (χ2v) is 5.48. The van der Waals surface area contributed by atoms with Gasteiger partial charge in [-0.1, -0.05) is 12.1 Å². The number of carboxylic acid groups (broad SMARTS) is 1. The van der Waals surface area contributed by atoms with Gasteiger partial charge in [-0.05, 0) is 18.2 Å². The number of hydrogen-bond donors (Lipinski definition) is 4. The van der Waals surface area contributed by atoms with Crippen molar-refractivity contribution < 1.29 is 19.4 Å². The Hall–Kier alpha value is -3.46. The fourth-order valence-corrected chi connectivity index (χ4v) is 2.39. The van der Waals surface area contributed by atoms with Crippen molar-refractivity contribution in [3.8, 4) is 11.4 Å². The van der Waals surface area contributed by atoms with Crippen LogP contribution in [0.5, 0.6) is 0 Å². The van der Waals surface area contributed by atoms with E-state index < -0.39 is 6.09 Å². The fraction of sp³-hybridized carbons (Fsp3) is 0.176. The van der Waals surface area contributed by atoms with Gasteiger partial charge in [0.2, 0.25) is 5.91 Å². The van der Waals surface area contributed by atoms with E-state index in [0.717, 1.165) is 5.56 Å². The summed E-state index contributed by atoms with van der Waals surface area (Å²) in [7, 11) is 1.54. The summed E-state index contributed by atoms with van der Waals surface area (Å²) in [4.78, 5) is 34.2. The second kappa shape index (κ2) is 7.62. The summed E-state index contributed by atoms with van der Waals surface area (Å²) in [5.41, 5.74) is 2.82. The van der Waals surface area contributed by atoms with Crippen LogP contribution < -0.4 is 10.6 Å². The number of methoxy groups -OCH3 is 1. The summed E-state index contributed by atoms with van der Waals surface area (Å²) in [5.74, 6) is 0.424. The van der Waals surface area contributed by atoms with E-state index in [1.54, 1.807) is 31.4 Å². The maximum Gasteiger partial charge on any atom is 0.409 e. The summed E-state index contributed by atoms with van der Waals surface area (Å²) in [6, 6.07) is 8.84. The van der Waals surface area contributed by atoms with Gasteiger partial charge in [-0.3, -0.25) is 10.1 Å². The number of benzene rings is 1. The van der Waals surface area contributed by atoms with Crippen LogP contribution >= 0.6 is 0 Å². The topological polar surface area (TPSA) is 129 Å². The summed E-state index contributed by atoms with van der Waals surface area (Å²) in [5, 5.41) is 13.8. The molecule has 3 rings (SSSR count). The van der Waals surface area contributed by atoms with Crippen molar-refractivity contribution in [1.29, 1.82) is 0 Å². The average Bonchev–Trinajstić information content (AvgIpc) is 3.03. The van der Waals surface area contributed by atoms with Gasteiger partial charge in [0.05, 0.1) is 30.4 Å². The first-order valence-corrected chi connectivity index (χ1v) is 7.80. The van der Waals surface area contributed by atoms with E-state index in [0.29, 0.717) is 35.0 Å². The number of carbonyl (C=O) groups excluding carboxylic acids is 1. The molecule has 0 saturated carbocycles. The van der Waals surface area contributed by atoms with E-state index in [1.807, 2.05) is 6.07 Å². The molecular weight excluding hydrogens is 338 g/mol. The first kappa shape index (κ1) is 17.4. The number of amides is 2. The SMILES string of the molecule is COCCC(=O)Nc1cccc(-c2nc3ncc(NC(=O)O)cc3[nH]2)c1. The first-order chi connectivity index (χ1) is 12.5. The minimum atomic E-state index is -1.16. The second-order valence-electron chi connectivity index (χ2n) is 5.48. The first-order valence-electron chi connectivity index (χ1n) is 7.80. The quantitative estimate of drug-likeness (QED) is 0.538. The van der Waals surface area contributed by atoms with Crippen molar-refractivity contribution in [2.45, 2.75) is 6.42 Å². The molecule has 0 atom stereocenters. The molecule has 0 fully saturated rings. The summed E-state index contributed by atoms with van der Waals surface area (Å²) in [6.45, 7) is 0.355. The van der Waals surface area contributed by atoms with E-state index in [-0.39, 0.29) is 12.3 Å². The number of aromatic nitrogens is 3. The Bertz CT molecular complexity index is 953. The molecule has 2 amide bonds. The van der Waals surface area contributed by atoms with Gasteiger partial charge in [-0.25, -0.2) is 14.8 Å². The zero-order valence-electron chi connectivity index (χ0n) is 13.9. The van der Waals surface area contributed by atoms with Gasteiger partial charge in [-0.15, -0.1) is 0 Å². The number of imidazole rings is 1. The number of H-pyrrole nitrogens is 1. The van der Waals surface area contributed by atoms with Gasteiger partial charge in [0.25, 0.3) is 0 Å². The van der Waals surface area contributed by atoms with Gasteiger partial charge in [0.1, 0.15) is 5.82 Å². The van der Waals surface area contributed by atoms with Crippen LogP contribution in [0.4, 0.5) is 16.2 Å². The summed E-state index contributed by atoms with van der Waals surface area (Å²) in [6.07, 6.45) is 0.505. The van der Waals surface area contributed by atoms with Crippen molar-refractivity contribution in [3.05, 3.63) is 36.5 Å². The van der Waals surface area contributed by atoms with E-state index in [2.05, 4.69) is 25.6 Å². The van der Waals surface area contributed by atoms with Gasteiger partial charge in [0, 0.05) is 18.4 Å². The molecule has 0 aliphatic rings. The highest BCUT2D eigenvalue weighted by Gasteiger charge is 2.09. The highest BCUT2D eigenvalue weighted by Crippen LogP contribution is 2.23. The number of fused-ring (bicyclic) bond motifs is 1. The Kier molecular flexibility index (Phi) is 5.09. The molecule has 26 heavy (non-hydrogen) atoms. The minimum Gasteiger partial charge on any atom is -0.465 e. The molecule has 0 aliphatic heterocycles. The molecule has 0 bridgehead atoms. The monoisotopic (exact) mass is 355 g/mol. The molecule has 9 nitrogen and oxygen atoms in total. The Morgan fingerprint density at radius 3 is 2.85 bits per heavy atom. The molecule has 0 radical (unpaired) electrons. The van der Waals surface area contributed by atoms with Crippen molar-refractivity contribution in [3.63, 3.8) is 0 Å². The highest BCUT2D eigenvalue weighted by atomic mass is 16.5. The molecule has 0 unspecified atom stereocenters. The van der Waals surface area contributed by atoms with Gasteiger partial charge >= 0.3 is 6.09 Å². The van der Waals surface area contributed by atoms with Crippen LogP contribution in [0.2, 0.25) is 0 Å². The van der Waals surface area contributed by atoms with Crippen LogP contribution in [0.25, 0.3) is 22.6 Å². The van der Waals surface area contributed by atoms with Crippen molar-refractivity contribution in [2.24, 2.45) is 0 Å². The maximum atomic E-state index is 11.8. The predicted octanol–water partition coefficient (Wildman–Crippen LogP) is 2.69. The lowest BCUT2D eigenvalue weighted by Crippen LogP contribution is -2.13. The van der Waals surface area contributed by atoms with Crippen LogP contribution in [0.15, 0.2) is 36.5 Å². The predicted molar refractivity (Wildman–Crippen MR) is 96.1 cm³/mol. The lowest BCUT2D eigenvalue weighted by Gasteiger charge is -2.06. The van der Waals surface area contributed by atoms with Crippen LogP contribution in [0.3, 0.4) is 0 Å². The zero-order chi connectivity index (χ0) is 18.5. The van der Waals surface area contributed by atoms with E-state index in [9.17, 15) is 9.59 Å². The number of carbonyl (C=O) groups is 2. The summed E-state index contributed by atoms with van der Waals surface area (Å²) < 4.78 is 4.89. The number of nitrogens with zero attached hydrogens (tertiary/aromatic N) is 2. The molecule has 0 saturated heterocycles. The smallest absolute Gasteiger partial charge is 0.409 e. The molecule has 4 N–H and O–H groups in total. The molecule has 2 aromatic heterocycles. The largest absolute Gasteiger partial charge is 0.465 e. The Morgan fingerprint density at radius 2 is 2.08 bits per heavy atom. The van der Waals surface area contributed by atoms with Gasteiger partial charge < -0.3 is 20.1 Å². The van der Waals surface area contributed by atoms with Crippen LogP contribution in [-0.2, 0) is 9.53 Å². The number of rotatable bonds is 6. The maximum absolute atomic E-state index is 11.8. The number of pyridine rings is 1. The zero-order valence-corrected chi connectivity index (χ0v) is 13.9. The number of hydrogen-bond acceptors (Lipinski definition) is 5. The lowest BCUT2D eigenvalue weighted by molar-refractivity contribution is -0.117. The Balaban J connectivity index is 1.83. The third-order valence-corrected chi connectivity index (χ3v) is 3.54. The van der Waals surface area contributed by atoms with Crippen molar-refractivity contribution in [1.82, 2.24) is 15.0 Å². The number of anilines is 2. The molecule has 0 spiro atoms. The lowest BCUT2D eigenvalue weighted by atomic mass is 10.2. The normalized spacial score (nSPS) is 10.7. The number of ether oxygens (including phenoxy) is 1. The Labute approximate surface area is 148 Å². The summed E-state index contributed by atoms with van der Waals surface area (Å²) >= 11 is 0. The molecule has 1 aromatic carbocycles. The van der Waals surface area contributed by atoms with E-state index in [4.69, 9.17) is 9.84 Å². The third kappa shape index (κ3) is 4.14. The molecule has 134 valence electrons. The standard InChI is InChI=1S/C17H17N5O4/c1-26-6-5-14(23)19-11-4-2-3-10(7-11)15-21-13-8-12(20-17(24)25)9-18-16(13)22-15/h2-4,7-9,20H,5-6H2,1H3,(H,19,23)(H,24,25)(H,18,21,22). The molecule has 3 aromatic rings. The third-order valence-electron chi connectivity index (χ3n) is 3.54. The molecule has 9 heteroatoms. The van der Waals surface area contributed by atoms with Crippen molar-refractivity contribution in [2.75, 3.05) is 24.4 Å². The highest BCUT2D eigenvalue weighted by molar-refractivity contribution is 5.91. The fourth-order valence-electron chi connectivity index (χ4n) is 2.39. The van der Waals surface area contributed by atoms with E-state index >= 15 is 0 Å². The molecular formula is C17H17N5O4. The Morgan fingerprint density at radius 1 is 1.23 bits per heavy atom. The van der Waals surface area contributed by atoms with Crippen LogP contribution in [0, 0.1) is 0 Å². The molecule has 2 heterocycles. The number of nitrogens with one attached hydrogen (secondary N) is 3. The van der Waals surface area contributed by atoms with Gasteiger partial charge in [-0.2, -0.15) is 0 Å². The van der Waals surface area contributed by atoms with Crippen molar-refractivity contribution >= 4 is 34.5 Å². The van der Waals surface area contributed by atoms with Gasteiger partial charge in [0.15, 0.2) is 5.65 Å². The average molecular weight is 355 g/mol. The van der Waals surface area contributed by atoms with Crippen LogP contribution in [0.1, 0.15) is 6.42 Å². The number of aromatic amines is 1. The van der Waals surface area contributed by atoms with Crippen LogP contribution in [-0.4, -0.2) is 45.8 Å².